The van der Waals surface area contributed by atoms with Gasteiger partial charge in [-0.15, -0.1) is 0 Å². The van der Waals surface area contributed by atoms with Crippen LogP contribution in [-0.2, 0) is 11.2 Å². The third-order valence-corrected chi connectivity index (χ3v) is 4.37. The second-order valence-corrected chi connectivity index (χ2v) is 6.20. The van der Waals surface area contributed by atoms with E-state index in [9.17, 15) is 19.3 Å². The fourth-order valence-corrected chi connectivity index (χ4v) is 3.00. The Labute approximate surface area is 155 Å². The number of anilines is 1. The lowest BCUT2D eigenvalue weighted by Crippen LogP contribution is -2.36. The number of carbonyl (C=O) groups excluding carboxylic acids is 1. The molecule has 0 aromatic heterocycles. The molecule has 27 heavy (non-hydrogen) atoms. The Morgan fingerprint density at radius 2 is 2.00 bits per heavy atom. The molecule has 1 saturated heterocycles. The summed E-state index contributed by atoms with van der Waals surface area (Å²) >= 11 is 0. The molecule has 0 unspecified atom stereocenters. The van der Waals surface area contributed by atoms with Crippen LogP contribution in [0.4, 0.5) is 15.8 Å². The number of benzene rings is 2. The lowest BCUT2D eigenvalue weighted by atomic mass is 10.1. The van der Waals surface area contributed by atoms with E-state index < -0.39 is 10.8 Å². The van der Waals surface area contributed by atoms with Crippen LogP contribution in [0.5, 0.6) is 0 Å². The fraction of sp³-hybridized carbons (Fsp3) is 0.316. The van der Waals surface area contributed by atoms with Gasteiger partial charge < -0.3 is 15.0 Å². The highest BCUT2D eigenvalue weighted by Gasteiger charge is 2.23. The molecule has 1 aliphatic heterocycles. The van der Waals surface area contributed by atoms with Gasteiger partial charge in [-0.2, -0.15) is 0 Å². The van der Waals surface area contributed by atoms with E-state index in [2.05, 4.69) is 5.32 Å². The van der Waals surface area contributed by atoms with Crippen molar-refractivity contribution in [1.82, 2.24) is 5.32 Å². The first-order valence-corrected chi connectivity index (χ1v) is 8.68. The van der Waals surface area contributed by atoms with Gasteiger partial charge in [0.05, 0.1) is 18.1 Å². The summed E-state index contributed by atoms with van der Waals surface area (Å²) < 4.78 is 18.4. The minimum absolute atomic E-state index is 0.102. The van der Waals surface area contributed by atoms with Crippen molar-refractivity contribution >= 4 is 17.3 Å². The van der Waals surface area contributed by atoms with Crippen LogP contribution in [0, 0.1) is 15.9 Å². The topological polar surface area (TPSA) is 84.7 Å². The molecule has 0 saturated carbocycles. The van der Waals surface area contributed by atoms with Gasteiger partial charge in [0.25, 0.3) is 11.6 Å². The van der Waals surface area contributed by atoms with Crippen LogP contribution < -0.4 is 10.2 Å². The number of morpholine rings is 1. The Morgan fingerprint density at radius 1 is 1.22 bits per heavy atom. The van der Waals surface area contributed by atoms with E-state index in [1.807, 2.05) is 4.90 Å². The smallest absolute Gasteiger partial charge is 0.293 e. The number of hydrogen-bond acceptors (Lipinski definition) is 5. The third kappa shape index (κ3) is 4.79. The average Bonchev–Trinajstić information content (AvgIpc) is 2.68. The zero-order valence-electron chi connectivity index (χ0n) is 14.7. The van der Waals surface area contributed by atoms with Crippen LogP contribution in [0.1, 0.15) is 15.9 Å². The summed E-state index contributed by atoms with van der Waals surface area (Å²) in [6.45, 7) is 2.47. The van der Waals surface area contributed by atoms with Crippen molar-refractivity contribution in [3.05, 3.63) is 69.5 Å². The summed E-state index contributed by atoms with van der Waals surface area (Å²) in [4.78, 5) is 25.2. The molecule has 0 radical (unpaired) electrons. The maximum Gasteiger partial charge on any atom is 0.293 e. The Balaban J connectivity index is 1.67. The highest BCUT2D eigenvalue weighted by atomic mass is 19.1. The van der Waals surface area contributed by atoms with E-state index in [0.717, 1.165) is 5.56 Å². The molecular formula is C19H20FN3O4. The van der Waals surface area contributed by atoms with E-state index in [-0.39, 0.29) is 17.1 Å². The molecule has 0 aliphatic carbocycles. The van der Waals surface area contributed by atoms with Crippen molar-refractivity contribution in [3.8, 4) is 0 Å². The minimum Gasteiger partial charge on any atom is -0.378 e. The number of halogens is 1. The van der Waals surface area contributed by atoms with Crippen LogP contribution in [-0.4, -0.2) is 43.7 Å². The molecule has 0 atom stereocenters. The summed E-state index contributed by atoms with van der Waals surface area (Å²) in [5, 5.41) is 14.2. The molecule has 142 valence electrons. The van der Waals surface area contributed by atoms with E-state index in [4.69, 9.17) is 4.74 Å². The minimum atomic E-state index is -0.478. The van der Waals surface area contributed by atoms with Gasteiger partial charge in [0.15, 0.2) is 0 Å². The molecule has 1 N–H and O–H groups in total. The number of ether oxygens (including phenoxy) is 1. The average molecular weight is 373 g/mol. The van der Waals surface area contributed by atoms with Crippen molar-refractivity contribution in [3.63, 3.8) is 0 Å². The zero-order chi connectivity index (χ0) is 19.2. The molecule has 0 bridgehead atoms. The van der Waals surface area contributed by atoms with E-state index in [1.54, 1.807) is 24.3 Å². The van der Waals surface area contributed by atoms with Gasteiger partial charge in [-0.3, -0.25) is 14.9 Å². The summed E-state index contributed by atoms with van der Waals surface area (Å²) in [5.74, 6) is -0.726. The summed E-state index contributed by atoms with van der Waals surface area (Å²) in [6, 6.07) is 10.6. The van der Waals surface area contributed by atoms with Crippen molar-refractivity contribution in [2.75, 3.05) is 37.7 Å². The van der Waals surface area contributed by atoms with Crippen LogP contribution in [0.15, 0.2) is 42.5 Å². The fourth-order valence-electron chi connectivity index (χ4n) is 3.00. The Morgan fingerprint density at radius 3 is 2.70 bits per heavy atom. The van der Waals surface area contributed by atoms with Gasteiger partial charge in [0.2, 0.25) is 0 Å². The van der Waals surface area contributed by atoms with Crippen LogP contribution in [0.3, 0.4) is 0 Å². The number of hydrogen-bond donors (Lipinski definition) is 1. The molecule has 2 aromatic rings. The lowest BCUT2D eigenvalue weighted by molar-refractivity contribution is -0.384. The first-order chi connectivity index (χ1) is 13.0. The van der Waals surface area contributed by atoms with Crippen LogP contribution in [0.2, 0.25) is 0 Å². The summed E-state index contributed by atoms with van der Waals surface area (Å²) in [5.41, 5.74) is 1.37. The van der Waals surface area contributed by atoms with E-state index >= 15 is 0 Å². The Kier molecular flexibility index (Phi) is 5.97. The maximum absolute atomic E-state index is 13.2. The van der Waals surface area contributed by atoms with Gasteiger partial charge in [0.1, 0.15) is 11.5 Å². The molecule has 7 nitrogen and oxygen atoms in total. The van der Waals surface area contributed by atoms with Gasteiger partial charge >= 0.3 is 0 Å². The largest absolute Gasteiger partial charge is 0.378 e. The number of nitrogens with zero attached hydrogens (tertiary/aromatic N) is 2. The Bertz CT molecular complexity index is 837. The molecule has 1 fully saturated rings. The standard InChI is InChI=1S/C19H20FN3O4/c20-16-3-1-2-14(12-16)6-7-21-19(24)15-4-5-17(18(13-15)23(25)26)22-8-10-27-11-9-22/h1-5,12-13H,6-11H2,(H,21,24). The molecule has 1 heterocycles. The molecule has 0 spiro atoms. The third-order valence-electron chi connectivity index (χ3n) is 4.37. The van der Waals surface area contributed by atoms with Gasteiger partial charge in [-0.25, -0.2) is 4.39 Å². The number of carbonyl (C=O) groups is 1. The van der Waals surface area contributed by atoms with Gasteiger partial charge in [0, 0.05) is 31.3 Å². The number of rotatable bonds is 6. The number of amides is 1. The van der Waals surface area contributed by atoms with Crippen molar-refractivity contribution < 1.29 is 18.8 Å². The molecule has 1 amide bonds. The first kappa shape index (κ1) is 18.8. The quantitative estimate of drug-likeness (QED) is 0.621. The maximum atomic E-state index is 13.2. The van der Waals surface area contributed by atoms with Crippen LogP contribution >= 0.6 is 0 Å². The SMILES string of the molecule is O=C(NCCc1cccc(F)c1)c1ccc(N2CCOCC2)c([N+](=O)[O-])c1. The normalized spacial score (nSPS) is 14.0. The number of nitro benzene ring substituents is 1. The number of nitrogens with one attached hydrogen (secondary N) is 1. The van der Waals surface area contributed by atoms with Gasteiger partial charge in [-0.1, -0.05) is 12.1 Å². The van der Waals surface area contributed by atoms with Crippen molar-refractivity contribution in [2.45, 2.75) is 6.42 Å². The molecule has 2 aromatic carbocycles. The van der Waals surface area contributed by atoms with E-state index in [1.165, 1.54) is 18.2 Å². The highest BCUT2D eigenvalue weighted by Crippen LogP contribution is 2.29. The second-order valence-electron chi connectivity index (χ2n) is 6.20. The number of nitro groups is 1. The van der Waals surface area contributed by atoms with Crippen LogP contribution in [0.25, 0.3) is 0 Å². The first-order valence-electron chi connectivity index (χ1n) is 8.68. The van der Waals surface area contributed by atoms with Gasteiger partial charge in [-0.05, 0) is 36.2 Å². The molecular weight excluding hydrogens is 353 g/mol. The van der Waals surface area contributed by atoms with E-state index in [0.29, 0.717) is 45.0 Å². The second kappa shape index (κ2) is 8.59. The summed E-state index contributed by atoms with van der Waals surface area (Å²) in [7, 11) is 0. The highest BCUT2D eigenvalue weighted by molar-refractivity contribution is 5.95. The monoisotopic (exact) mass is 373 g/mol. The lowest BCUT2D eigenvalue weighted by Gasteiger charge is -2.28. The van der Waals surface area contributed by atoms with Crippen molar-refractivity contribution in [2.24, 2.45) is 0 Å². The molecule has 3 rings (SSSR count). The zero-order valence-corrected chi connectivity index (χ0v) is 14.7. The Hall–Kier alpha value is -3.00. The van der Waals surface area contributed by atoms with Crippen molar-refractivity contribution in [1.29, 1.82) is 0 Å². The molecule has 8 heteroatoms. The predicted octanol–water partition coefficient (Wildman–Crippen LogP) is 2.54. The molecule has 1 aliphatic rings. The summed E-state index contributed by atoms with van der Waals surface area (Å²) in [6.07, 6.45) is 0.470. The predicted molar refractivity (Wildman–Crippen MR) is 98.6 cm³/mol.